The fourth-order valence-electron chi connectivity index (χ4n) is 1.97. The average Bonchev–Trinajstić information content (AvgIpc) is 2.46. The number of benzene rings is 2. The van der Waals surface area contributed by atoms with Gasteiger partial charge in [0.15, 0.2) is 0 Å². The van der Waals surface area contributed by atoms with Gasteiger partial charge in [0, 0.05) is 18.7 Å². The number of ether oxygens (including phenoxy) is 1. The lowest BCUT2D eigenvalue weighted by atomic mass is 10.2. The van der Waals surface area contributed by atoms with Gasteiger partial charge in [-0.05, 0) is 36.8 Å². The third-order valence-corrected chi connectivity index (χ3v) is 3.43. The molecule has 0 heterocycles. The highest BCUT2D eigenvalue weighted by molar-refractivity contribution is 6.31. The number of aliphatic hydroxyl groups excluding tert-OH is 1. The van der Waals surface area contributed by atoms with E-state index in [0.29, 0.717) is 18.1 Å². The van der Waals surface area contributed by atoms with E-state index in [2.05, 4.69) is 5.32 Å². The highest BCUT2D eigenvalue weighted by Crippen LogP contribution is 2.20. The molecule has 0 aliphatic heterocycles. The van der Waals surface area contributed by atoms with Crippen LogP contribution in [0, 0.1) is 5.82 Å². The molecule has 2 rings (SSSR count). The third kappa shape index (κ3) is 5.30. The van der Waals surface area contributed by atoms with Crippen molar-refractivity contribution in [2.75, 3.05) is 6.54 Å². The molecule has 0 saturated carbocycles. The van der Waals surface area contributed by atoms with Crippen molar-refractivity contribution < 1.29 is 14.2 Å². The number of hydrogen-bond acceptors (Lipinski definition) is 3. The molecule has 0 aliphatic rings. The molecule has 0 saturated heterocycles. The van der Waals surface area contributed by atoms with E-state index in [0.717, 1.165) is 16.9 Å². The molecule has 0 unspecified atom stereocenters. The van der Waals surface area contributed by atoms with Gasteiger partial charge in [-0.25, -0.2) is 4.39 Å². The summed E-state index contributed by atoms with van der Waals surface area (Å²) in [7, 11) is 0. The van der Waals surface area contributed by atoms with E-state index in [9.17, 15) is 9.50 Å². The molecule has 0 bridgehead atoms. The van der Waals surface area contributed by atoms with Crippen LogP contribution in [0.25, 0.3) is 0 Å². The topological polar surface area (TPSA) is 41.5 Å². The molecule has 0 aromatic heterocycles. The summed E-state index contributed by atoms with van der Waals surface area (Å²) in [6.45, 7) is 3.21. The largest absolute Gasteiger partial charge is 0.489 e. The van der Waals surface area contributed by atoms with E-state index in [4.69, 9.17) is 16.3 Å². The molecule has 0 spiro atoms. The summed E-state index contributed by atoms with van der Waals surface area (Å²) in [6.07, 6.45) is -0.375. The molecule has 2 aromatic carbocycles. The van der Waals surface area contributed by atoms with Gasteiger partial charge in [-0.1, -0.05) is 29.8 Å². The van der Waals surface area contributed by atoms with Crippen LogP contribution in [0.2, 0.25) is 5.02 Å². The first-order valence-corrected chi connectivity index (χ1v) is 7.47. The monoisotopic (exact) mass is 323 g/mol. The van der Waals surface area contributed by atoms with Gasteiger partial charge in [0.2, 0.25) is 0 Å². The summed E-state index contributed by atoms with van der Waals surface area (Å²) >= 11 is 5.97. The van der Waals surface area contributed by atoms with Crippen LogP contribution < -0.4 is 10.1 Å². The number of aliphatic hydroxyl groups is 1. The summed E-state index contributed by atoms with van der Waals surface area (Å²) < 4.78 is 18.7. The zero-order valence-electron chi connectivity index (χ0n) is 12.4. The van der Waals surface area contributed by atoms with Gasteiger partial charge in [0.1, 0.15) is 18.2 Å². The van der Waals surface area contributed by atoms with Crippen LogP contribution in [-0.2, 0) is 13.2 Å². The lowest BCUT2D eigenvalue weighted by Crippen LogP contribution is -2.23. The Labute approximate surface area is 134 Å². The zero-order valence-corrected chi connectivity index (χ0v) is 13.1. The molecule has 0 aliphatic carbocycles. The Morgan fingerprint density at radius 1 is 1.27 bits per heavy atom. The standard InChI is InChI=1S/C17H19ClFNO2/c1-12(21)9-20-10-13-3-2-4-16(7-13)22-11-14-5-6-15(19)8-17(14)18/h2-8,12,20-21H,9-11H2,1H3/t12-/m1/s1. The van der Waals surface area contributed by atoms with Crippen LogP contribution in [0.15, 0.2) is 42.5 Å². The summed E-state index contributed by atoms with van der Waals surface area (Å²) in [5, 5.41) is 12.7. The van der Waals surface area contributed by atoms with E-state index < -0.39 is 0 Å². The van der Waals surface area contributed by atoms with E-state index in [1.165, 1.54) is 12.1 Å². The second-order valence-corrected chi connectivity index (χ2v) is 5.56. The predicted molar refractivity (Wildman–Crippen MR) is 85.6 cm³/mol. The molecule has 118 valence electrons. The number of rotatable bonds is 7. The average molecular weight is 324 g/mol. The van der Waals surface area contributed by atoms with Gasteiger partial charge in [-0.3, -0.25) is 0 Å². The van der Waals surface area contributed by atoms with Gasteiger partial charge in [-0.15, -0.1) is 0 Å². The second-order valence-electron chi connectivity index (χ2n) is 5.15. The molecule has 0 radical (unpaired) electrons. The smallest absolute Gasteiger partial charge is 0.124 e. The van der Waals surface area contributed by atoms with Gasteiger partial charge in [0.05, 0.1) is 11.1 Å². The van der Waals surface area contributed by atoms with Crippen molar-refractivity contribution in [1.29, 1.82) is 0 Å². The second kappa shape index (κ2) is 8.13. The van der Waals surface area contributed by atoms with Gasteiger partial charge < -0.3 is 15.2 Å². The Hall–Kier alpha value is -1.62. The SMILES string of the molecule is C[C@@H](O)CNCc1cccc(OCc2ccc(F)cc2Cl)c1. The van der Waals surface area contributed by atoms with Gasteiger partial charge in [-0.2, -0.15) is 0 Å². The molecule has 2 N–H and O–H groups in total. The van der Waals surface area contributed by atoms with Crippen LogP contribution in [0.1, 0.15) is 18.1 Å². The Morgan fingerprint density at radius 2 is 2.09 bits per heavy atom. The van der Waals surface area contributed by atoms with Crippen LogP contribution in [-0.4, -0.2) is 17.8 Å². The van der Waals surface area contributed by atoms with Crippen molar-refractivity contribution >= 4 is 11.6 Å². The molecule has 0 fully saturated rings. The first-order chi connectivity index (χ1) is 10.5. The predicted octanol–water partition coefficient (Wildman–Crippen LogP) is 3.53. The highest BCUT2D eigenvalue weighted by Gasteiger charge is 2.04. The van der Waals surface area contributed by atoms with Crippen molar-refractivity contribution in [2.45, 2.75) is 26.2 Å². The minimum atomic E-state index is -0.375. The number of hydrogen-bond donors (Lipinski definition) is 2. The van der Waals surface area contributed by atoms with Crippen LogP contribution >= 0.6 is 11.6 Å². The number of nitrogens with one attached hydrogen (secondary N) is 1. The van der Waals surface area contributed by atoms with Crippen LogP contribution in [0.4, 0.5) is 4.39 Å². The maximum Gasteiger partial charge on any atom is 0.124 e. The van der Waals surface area contributed by atoms with Crippen molar-refractivity contribution in [2.24, 2.45) is 0 Å². The first kappa shape index (κ1) is 16.7. The maximum atomic E-state index is 13.0. The normalized spacial score (nSPS) is 12.2. The van der Waals surface area contributed by atoms with Crippen molar-refractivity contribution in [3.63, 3.8) is 0 Å². The summed E-state index contributed by atoms with van der Waals surface area (Å²) in [6, 6.07) is 11.9. The first-order valence-electron chi connectivity index (χ1n) is 7.09. The van der Waals surface area contributed by atoms with Gasteiger partial charge >= 0.3 is 0 Å². The summed E-state index contributed by atoms with van der Waals surface area (Å²) in [4.78, 5) is 0. The third-order valence-electron chi connectivity index (χ3n) is 3.08. The fourth-order valence-corrected chi connectivity index (χ4v) is 2.19. The Morgan fingerprint density at radius 3 is 2.82 bits per heavy atom. The lowest BCUT2D eigenvalue weighted by Gasteiger charge is -2.10. The molecular weight excluding hydrogens is 305 g/mol. The zero-order chi connectivity index (χ0) is 15.9. The quantitative estimate of drug-likeness (QED) is 0.819. The molecule has 5 heteroatoms. The van der Waals surface area contributed by atoms with Gasteiger partial charge in [0.25, 0.3) is 0 Å². The van der Waals surface area contributed by atoms with E-state index in [-0.39, 0.29) is 18.5 Å². The molecular formula is C17H19ClFNO2. The minimum Gasteiger partial charge on any atom is -0.489 e. The highest BCUT2D eigenvalue weighted by atomic mass is 35.5. The van der Waals surface area contributed by atoms with Crippen molar-refractivity contribution in [3.8, 4) is 5.75 Å². The van der Waals surface area contributed by atoms with Crippen molar-refractivity contribution in [1.82, 2.24) is 5.32 Å². The summed E-state index contributed by atoms with van der Waals surface area (Å²) in [5.41, 5.74) is 1.80. The molecule has 22 heavy (non-hydrogen) atoms. The molecule has 1 atom stereocenters. The molecule has 2 aromatic rings. The van der Waals surface area contributed by atoms with Crippen LogP contribution in [0.3, 0.4) is 0 Å². The maximum absolute atomic E-state index is 13.0. The Bertz CT molecular complexity index is 619. The molecule has 0 amide bonds. The van der Waals surface area contributed by atoms with E-state index >= 15 is 0 Å². The van der Waals surface area contributed by atoms with Crippen LogP contribution in [0.5, 0.6) is 5.75 Å². The number of halogens is 2. The lowest BCUT2D eigenvalue weighted by molar-refractivity contribution is 0.191. The van der Waals surface area contributed by atoms with E-state index in [1.54, 1.807) is 13.0 Å². The van der Waals surface area contributed by atoms with E-state index in [1.807, 2.05) is 24.3 Å². The Kier molecular flexibility index (Phi) is 6.19. The summed E-state index contributed by atoms with van der Waals surface area (Å²) in [5.74, 6) is 0.358. The minimum absolute atomic E-state index is 0.281. The fraction of sp³-hybridized carbons (Fsp3) is 0.294. The van der Waals surface area contributed by atoms with Crippen molar-refractivity contribution in [3.05, 3.63) is 64.4 Å². The molecule has 3 nitrogen and oxygen atoms in total. The Balaban J connectivity index is 1.92.